The Morgan fingerprint density at radius 2 is 2.03 bits per heavy atom. The molecule has 2 aliphatic rings. The molecule has 0 aliphatic heterocycles. The van der Waals surface area contributed by atoms with Crippen molar-refractivity contribution >= 4 is 32.9 Å². The molecule has 142 valence electrons. The predicted octanol–water partition coefficient (Wildman–Crippen LogP) is 5.78. The minimum atomic E-state index is -0.226. The van der Waals surface area contributed by atoms with Gasteiger partial charge in [-0.05, 0) is 48.2 Å². The van der Waals surface area contributed by atoms with Crippen LogP contribution < -0.4 is 5.32 Å². The lowest BCUT2D eigenvalue weighted by molar-refractivity contribution is 0.627. The zero-order chi connectivity index (χ0) is 19.4. The van der Waals surface area contributed by atoms with Gasteiger partial charge in [-0.3, -0.25) is 4.98 Å². The second-order valence-corrected chi connectivity index (χ2v) is 8.46. The van der Waals surface area contributed by atoms with Crippen molar-refractivity contribution < 1.29 is 4.39 Å². The fraction of sp³-hybridized carbons (Fsp3) is 0.174. The van der Waals surface area contributed by atoms with Crippen LogP contribution in [0.25, 0.3) is 27.2 Å². The molecule has 0 radical (unpaired) electrons. The number of benzene rings is 1. The van der Waals surface area contributed by atoms with Gasteiger partial charge < -0.3 is 5.32 Å². The quantitative estimate of drug-likeness (QED) is 0.472. The zero-order valence-corrected chi connectivity index (χ0v) is 16.3. The fourth-order valence-corrected chi connectivity index (χ4v) is 5.61. The fourth-order valence-electron chi connectivity index (χ4n) is 4.26. The van der Waals surface area contributed by atoms with Crippen LogP contribution in [0.3, 0.4) is 0 Å². The molecule has 1 N–H and O–H groups in total. The Kier molecular flexibility index (Phi) is 3.74. The zero-order valence-electron chi connectivity index (χ0n) is 15.5. The van der Waals surface area contributed by atoms with Gasteiger partial charge in [0.2, 0.25) is 0 Å². The molecule has 0 amide bonds. The van der Waals surface area contributed by atoms with E-state index in [2.05, 4.69) is 16.4 Å². The van der Waals surface area contributed by atoms with Gasteiger partial charge in [0.1, 0.15) is 16.5 Å². The number of thiophene rings is 1. The van der Waals surface area contributed by atoms with Gasteiger partial charge in [-0.2, -0.15) is 0 Å². The molecular formula is C23H17FN4S. The third-order valence-corrected chi connectivity index (χ3v) is 6.87. The van der Waals surface area contributed by atoms with Gasteiger partial charge in [0.15, 0.2) is 5.82 Å². The average Bonchev–Trinajstić information content (AvgIpc) is 3.31. The number of pyridine rings is 1. The first-order valence-electron chi connectivity index (χ1n) is 9.71. The summed E-state index contributed by atoms with van der Waals surface area (Å²) in [6.07, 6.45) is 8.25. The van der Waals surface area contributed by atoms with Crippen LogP contribution in [0.5, 0.6) is 0 Å². The van der Waals surface area contributed by atoms with Gasteiger partial charge in [0, 0.05) is 40.9 Å². The first kappa shape index (κ1) is 16.8. The Balaban J connectivity index is 1.47. The maximum absolute atomic E-state index is 13.2. The molecule has 3 heterocycles. The highest BCUT2D eigenvalue weighted by Gasteiger charge is 2.39. The Bertz CT molecular complexity index is 1260. The van der Waals surface area contributed by atoms with E-state index in [9.17, 15) is 4.39 Å². The molecule has 4 nitrogen and oxygen atoms in total. The van der Waals surface area contributed by atoms with Crippen molar-refractivity contribution in [3.8, 4) is 11.4 Å². The van der Waals surface area contributed by atoms with Gasteiger partial charge in [-0.15, -0.1) is 11.3 Å². The molecule has 1 aromatic carbocycles. The van der Waals surface area contributed by atoms with E-state index >= 15 is 0 Å². The van der Waals surface area contributed by atoms with Gasteiger partial charge in [0.25, 0.3) is 0 Å². The van der Waals surface area contributed by atoms with Crippen LogP contribution in [0.15, 0.2) is 54.9 Å². The second-order valence-electron chi connectivity index (χ2n) is 7.43. The molecule has 3 aromatic heterocycles. The summed E-state index contributed by atoms with van der Waals surface area (Å²) in [6, 6.07) is 10.4. The number of anilines is 1. The van der Waals surface area contributed by atoms with Crippen molar-refractivity contribution in [2.75, 3.05) is 5.32 Å². The molecule has 2 aliphatic carbocycles. The first-order valence-corrected chi connectivity index (χ1v) is 10.5. The summed E-state index contributed by atoms with van der Waals surface area (Å²) in [5, 5.41) is 4.60. The number of hydrogen-bond donors (Lipinski definition) is 1. The molecule has 1 unspecified atom stereocenters. The third-order valence-electron chi connectivity index (χ3n) is 5.67. The summed E-state index contributed by atoms with van der Waals surface area (Å²) < 4.78 is 13.2. The third kappa shape index (κ3) is 2.67. The van der Waals surface area contributed by atoms with Crippen LogP contribution in [0.1, 0.15) is 34.8 Å². The van der Waals surface area contributed by atoms with Gasteiger partial charge in [-0.25, -0.2) is 14.4 Å². The van der Waals surface area contributed by atoms with Crippen LogP contribution in [0.4, 0.5) is 10.2 Å². The van der Waals surface area contributed by atoms with Crippen LogP contribution in [-0.2, 0) is 6.54 Å². The Morgan fingerprint density at radius 3 is 2.86 bits per heavy atom. The van der Waals surface area contributed by atoms with Crippen LogP contribution >= 0.6 is 11.3 Å². The topological polar surface area (TPSA) is 50.7 Å². The number of hydrogen-bond acceptors (Lipinski definition) is 5. The number of aromatic nitrogens is 3. The summed E-state index contributed by atoms with van der Waals surface area (Å²) in [7, 11) is 0. The standard InChI is InChI=1S/C23H17FN4S/c24-15-8-6-13(7-9-15)11-26-22-19-18-16-4-1-5-17(16)20(18)29-23(19)28-21(27-22)14-3-2-10-25-12-14/h2-4,6-10,12,17H,1,5,11H2,(H,26,27,28). The van der Waals surface area contributed by atoms with Crippen molar-refractivity contribution in [1.82, 2.24) is 15.0 Å². The molecule has 0 spiro atoms. The molecule has 0 bridgehead atoms. The smallest absolute Gasteiger partial charge is 0.164 e. The summed E-state index contributed by atoms with van der Waals surface area (Å²) in [5.74, 6) is 1.86. The number of nitrogens with one attached hydrogen (secondary N) is 1. The SMILES string of the molecule is Fc1ccc(CNc2nc(-c3cccnc3)nc3sc4c(c23)C2=CCCC24)cc1. The molecular weight excluding hydrogens is 383 g/mol. The van der Waals surface area contributed by atoms with E-state index in [1.165, 1.54) is 34.6 Å². The number of allylic oxidation sites excluding steroid dienone is 2. The van der Waals surface area contributed by atoms with Crippen molar-refractivity contribution in [3.63, 3.8) is 0 Å². The van der Waals surface area contributed by atoms with Crippen molar-refractivity contribution in [3.05, 3.63) is 76.7 Å². The van der Waals surface area contributed by atoms with Crippen LogP contribution in [0.2, 0.25) is 0 Å². The average molecular weight is 400 g/mol. The van der Waals surface area contributed by atoms with E-state index in [1.807, 2.05) is 12.1 Å². The maximum atomic E-state index is 13.2. The number of halogens is 1. The van der Waals surface area contributed by atoms with E-state index in [-0.39, 0.29) is 5.82 Å². The van der Waals surface area contributed by atoms with Gasteiger partial charge in [-0.1, -0.05) is 18.2 Å². The lowest BCUT2D eigenvalue weighted by Crippen LogP contribution is -2.10. The molecule has 0 saturated heterocycles. The highest BCUT2D eigenvalue weighted by atomic mass is 32.1. The summed E-state index contributed by atoms with van der Waals surface area (Å²) in [5.41, 5.74) is 4.68. The molecule has 0 fully saturated rings. The highest BCUT2D eigenvalue weighted by Crippen LogP contribution is 2.59. The van der Waals surface area contributed by atoms with Gasteiger partial charge >= 0.3 is 0 Å². The molecule has 6 heteroatoms. The van der Waals surface area contributed by atoms with Crippen molar-refractivity contribution in [2.45, 2.75) is 25.3 Å². The Morgan fingerprint density at radius 1 is 1.14 bits per heavy atom. The minimum Gasteiger partial charge on any atom is -0.365 e. The number of rotatable bonds is 4. The molecule has 0 saturated carbocycles. The Hall–Kier alpha value is -3.12. The van der Waals surface area contributed by atoms with Gasteiger partial charge in [0.05, 0.1) is 5.39 Å². The van der Waals surface area contributed by atoms with Crippen LogP contribution in [-0.4, -0.2) is 15.0 Å². The lowest BCUT2D eigenvalue weighted by atomic mass is 9.80. The van der Waals surface area contributed by atoms with E-state index in [0.29, 0.717) is 18.3 Å². The molecule has 29 heavy (non-hydrogen) atoms. The molecule has 1 atom stereocenters. The van der Waals surface area contributed by atoms with Crippen molar-refractivity contribution in [2.24, 2.45) is 0 Å². The lowest BCUT2D eigenvalue weighted by Gasteiger charge is -2.26. The van der Waals surface area contributed by atoms with Crippen LogP contribution in [0, 0.1) is 5.82 Å². The van der Waals surface area contributed by atoms with E-state index in [4.69, 9.17) is 9.97 Å². The van der Waals surface area contributed by atoms with E-state index < -0.39 is 0 Å². The maximum Gasteiger partial charge on any atom is 0.164 e. The summed E-state index contributed by atoms with van der Waals surface area (Å²) in [4.78, 5) is 16.4. The predicted molar refractivity (Wildman–Crippen MR) is 114 cm³/mol. The minimum absolute atomic E-state index is 0.226. The van der Waals surface area contributed by atoms with E-state index in [0.717, 1.165) is 33.6 Å². The number of nitrogens with zero attached hydrogens (tertiary/aromatic N) is 3. The largest absolute Gasteiger partial charge is 0.365 e. The Labute approximate surface area is 171 Å². The van der Waals surface area contributed by atoms with Crippen molar-refractivity contribution in [1.29, 1.82) is 0 Å². The summed E-state index contributed by atoms with van der Waals surface area (Å²) >= 11 is 1.79. The van der Waals surface area contributed by atoms with E-state index in [1.54, 1.807) is 35.9 Å². The second kappa shape index (κ2) is 6.46. The molecule has 6 rings (SSSR count). The monoisotopic (exact) mass is 400 g/mol. The molecule has 4 aromatic rings. The number of fused-ring (bicyclic) bond motifs is 6. The highest BCUT2D eigenvalue weighted by molar-refractivity contribution is 7.19. The normalized spacial score (nSPS) is 16.9. The first-order chi connectivity index (χ1) is 14.3. The summed E-state index contributed by atoms with van der Waals surface area (Å²) in [6.45, 7) is 0.575.